The summed E-state index contributed by atoms with van der Waals surface area (Å²) in [6.07, 6.45) is 0.0709. The third kappa shape index (κ3) is 2.59. The van der Waals surface area contributed by atoms with Gasteiger partial charge in [0.2, 0.25) is 0 Å². The first-order valence-electron chi connectivity index (χ1n) is 4.27. The summed E-state index contributed by atoms with van der Waals surface area (Å²) in [4.78, 5) is 0.256. The van der Waals surface area contributed by atoms with Crippen molar-refractivity contribution >= 4 is 28.8 Å². The molecule has 0 fully saturated rings. The smallest absolute Gasteiger partial charge is 0.131 e. The molecule has 0 saturated heterocycles. The van der Waals surface area contributed by atoms with Crippen LogP contribution in [0.25, 0.3) is 0 Å². The Kier molecular flexibility index (Phi) is 3.72. The molecule has 0 aliphatic rings. The molecule has 0 unspecified atom stereocenters. The van der Waals surface area contributed by atoms with Gasteiger partial charge < -0.3 is 10.5 Å². The van der Waals surface area contributed by atoms with Crippen LogP contribution in [-0.4, -0.2) is 11.1 Å². The molecule has 76 valence electrons. The number of halogens is 1. The predicted octanol–water partition coefficient (Wildman–Crippen LogP) is 2.76. The van der Waals surface area contributed by atoms with Crippen LogP contribution >= 0.6 is 23.8 Å². The van der Waals surface area contributed by atoms with Crippen LogP contribution in [0.15, 0.2) is 18.2 Å². The molecule has 1 rings (SSSR count). The predicted molar refractivity (Wildman–Crippen MR) is 63.1 cm³/mol. The lowest BCUT2D eigenvalue weighted by atomic mass is 10.2. The zero-order valence-electron chi connectivity index (χ0n) is 8.08. The monoisotopic (exact) mass is 229 g/mol. The fourth-order valence-corrected chi connectivity index (χ4v) is 1.63. The van der Waals surface area contributed by atoms with E-state index in [2.05, 4.69) is 0 Å². The number of ether oxygens (including phenoxy) is 1. The largest absolute Gasteiger partial charge is 0.490 e. The van der Waals surface area contributed by atoms with Crippen molar-refractivity contribution < 1.29 is 4.74 Å². The molecule has 0 aliphatic heterocycles. The van der Waals surface area contributed by atoms with Gasteiger partial charge in [-0.05, 0) is 26.0 Å². The Labute approximate surface area is 94.0 Å². The van der Waals surface area contributed by atoms with Crippen LogP contribution in [0.5, 0.6) is 5.75 Å². The second kappa shape index (κ2) is 4.62. The molecule has 1 aromatic rings. The van der Waals surface area contributed by atoms with Crippen LogP contribution < -0.4 is 10.5 Å². The molecule has 0 atom stereocenters. The van der Waals surface area contributed by atoms with Crippen molar-refractivity contribution in [2.75, 3.05) is 0 Å². The molecule has 0 saturated carbocycles. The minimum Gasteiger partial charge on any atom is -0.490 e. The molecule has 0 bridgehead atoms. The zero-order valence-corrected chi connectivity index (χ0v) is 9.65. The van der Waals surface area contributed by atoms with E-state index in [0.717, 1.165) is 0 Å². The summed E-state index contributed by atoms with van der Waals surface area (Å²) in [5.74, 6) is 0.639. The summed E-state index contributed by atoms with van der Waals surface area (Å²) in [5, 5.41) is 0.524. The van der Waals surface area contributed by atoms with E-state index in [9.17, 15) is 0 Å². The SMILES string of the molecule is CC(C)Oc1cccc(Cl)c1C(N)=S. The molecule has 14 heavy (non-hydrogen) atoms. The first-order valence-corrected chi connectivity index (χ1v) is 5.06. The average molecular weight is 230 g/mol. The van der Waals surface area contributed by atoms with Crippen LogP contribution in [0.3, 0.4) is 0 Å². The Morgan fingerprint density at radius 2 is 2.14 bits per heavy atom. The summed E-state index contributed by atoms with van der Waals surface area (Å²) in [5.41, 5.74) is 6.17. The van der Waals surface area contributed by atoms with Crippen LogP contribution in [0, 0.1) is 0 Å². The van der Waals surface area contributed by atoms with Crippen LogP contribution in [0.1, 0.15) is 19.4 Å². The first kappa shape index (κ1) is 11.3. The molecular formula is C10H12ClNOS. The van der Waals surface area contributed by atoms with Crippen molar-refractivity contribution in [3.63, 3.8) is 0 Å². The third-order valence-corrected chi connectivity index (χ3v) is 2.10. The second-order valence-electron chi connectivity index (χ2n) is 3.14. The minimum atomic E-state index is 0.0709. The number of nitrogens with two attached hydrogens (primary N) is 1. The standard InChI is InChI=1S/C10H12ClNOS/c1-6(2)13-8-5-3-4-7(11)9(8)10(12)14/h3-6H,1-2H3,(H2,12,14). The highest BCUT2D eigenvalue weighted by atomic mass is 35.5. The summed E-state index contributed by atoms with van der Waals surface area (Å²) in [7, 11) is 0. The summed E-state index contributed by atoms with van der Waals surface area (Å²) < 4.78 is 5.54. The van der Waals surface area contributed by atoms with Crippen LogP contribution in [0.2, 0.25) is 5.02 Å². The van der Waals surface area contributed by atoms with Crippen molar-refractivity contribution in [1.82, 2.24) is 0 Å². The van der Waals surface area contributed by atoms with Crippen LogP contribution in [-0.2, 0) is 0 Å². The Morgan fingerprint density at radius 1 is 1.50 bits per heavy atom. The van der Waals surface area contributed by atoms with Crippen molar-refractivity contribution in [3.8, 4) is 5.75 Å². The average Bonchev–Trinajstić information content (AvgIpc) is 2.01. The first-order chi connectivity index (χ1) is 6.52. The van der Waals surface area contributed by atoms with E-state index in [1.807, 2.05) is 19.9 Å². The third-order valence-electron chi connectivity index (χ3n) is 1.58. The maximum absolute atomic E-state index is 5.96. The van der Waals surface area contributed by atoms with Gasteiger partial charge in [-0.1, -0.05) is 29.9 Å². The Hall–Kier alpha value is -0.800. The molecule has 0 radical (unpaired) electrons. The summed E-state index contributed by atoms with van der Waals surface area (Å²) in [6.45, 7) is 3.87. The Bertz CT molecular complexity index is 352. The number of thiocarbonyl (C=S) groups is 1. The van der Waals surface area contributed by atoms with Gasteiger partial charge in [-0.3, -0.25) is 0 Å². The number of benzene rings is 1. The van der Waals surface area contributed by atoms with E-state index >= 15 is 0 Å². The van der Waals surface area contributed by atoms with Gasteiger partial charge in [0.05, 0.1) is 16.7 Å². The topological polar surface area (TPSA) is 35.2 Å². The van der Waals surface area contributed by atoms with Gasteiger partial charge in [0.1, 0.15) is 10.7 Å². The molecule has 2 N–H and O–H groups in total. The Balaban J connectivity index is 3.14. The quantitative estimate of drug-likeness (QED) is 0.810. The molecule has 0 heterocycles. The molecular weight excluding hydrogens is 218 g/mol. The zero-order chi connectivity index (χ0) is 10.7. The fourth-order valence-electron chi connectivity index (χ4n) is 1.10. The lowest BCUT2D eigenvalue weighted by Crippen LogP contribution is -2.15. The molecule has 0 aromatic heterocycles. The summed E-state index contributed by atoms with van der Waals surface area (Å²) >= 11 is 10.9. The van der Waals surface area contributed by atoms with Crippen LogP contribution in [0.4, 0.5) is 0 Å². The maximum Gasteiger partial charge on any atom is 0.131 e. The normalized spacial score (nSPS) is 10.3. The van der Waals surface area contributed by atoms with Gasteiger partial charge in [-0.25, -0.2) is 0 Å². The number of hydrogen-bond acceptors (Lipinski definition) is 2. The minimum absolute atomic E-state index is 0.0709. The molecule has 2 nitrogen and oxygen atoms in total. The van der Waals surface area contributed by atoms with Crippen molar-refractivity contribution in [3.05, 3.63) is 28.8 Å². The highest BCUT2D eigenvalue weighted by molar-refractivity contribution is 7.80. The van der Waals surface area contributed by atoms with E-state index in [0.29, 0.717) is 16.3 Å². The fraction of sp³-hybridized carbons (Fsp3) is 0.300. The van der Waals surface area contributed by atoms with E-state index < -0.39 is 0 Å². The van der Waals surface area contributed by atoms with Gasteiger partial charge in [0.25, 0.3) is 0 Å². The molecule has 0 aliphatic carbocycles. The van der Waals surface area contributed by atoms with Gasteiger partial charge >= 0.3 is 0 Å². The highest BCUT2D eigenvalue weighted by Crippen LogP contribution is 2.26. The van der Waals surface area contributed by atoms with Gasteiger partial charge in [0.15, 0.2) is 0 Å². The van der Waals surface area contributed by atoms with Crippen molar-refractivity contribution in [2.45, 2.75) is 20.0 Å². The van der Waals surface area contributed by atoms with E-state index in [1.54, 1.807) is 12.1 Å². The lowest BCUT2D eigenvalue weighted by molar-refractivity contribution is 0.242. The summed E-state index contributed by atoms with van der Waals surface area (Å²) in [6, 6.07) is 5.35. The van der Waals surface area contributed by atoms with Gasteiger partial charge in [0, 0.05) is 0 Å². The molecule has 0 spiro atoms. The second-order valence-corrected chi connectivity index (χ2v) is 3.99. The maximum atomic E-state index is 5.96. The van der Waals surface area contributed by atoms with Gasteiger partial charge in [-0.15, -0.1) is 0 Å². The van der Waals surface area contributed by atoms with E-state index in [1.165, 1.54) is 0 Å². The van der Waals surface area contributed by atoms with E-state index in [-0.39, 0.29) is 11.1 Å². The molecule has 0 amide bonds. The Morgan fingerprint density at radius 3 is 2.64 bits per heavy atom. The van der Waals surface area contributed by atoms with E-state index in [4.69, 9.17) is 34.3 Å². The lowest BCUT2D eigenvalue weighted by Gasteiger charge is -2.14. The molecule has 1 aromatic carbocycles. The molecule has 4 heteroatoms. The van der Waals surface area contributed by atoms with Gasteiger partial charge in [-0.2, -0.15) is 0 Å². The number of hydrogen-bond donors (Lipinski definition) is 1. The highest BCUT2D eigenvalue weighted by Gasteiger charge is 2.11. The van der Waals surface area contributed by atoms with Crippen molar-refractivity contribution in [1.29, 1.82) is 0 Å². The van der Waals surface area contributed by atoms with Crippen molar-refractivity contribution in [2.24, 2.45) is 5.73 Å². The number of rotatable bonds is 3.